The minimum atomic E-state index is 0.257. The number of nitrogens with one attached hydrogen (secondary N) is 1. The third-order valence-corrected chi connectivity index (χ3v) is 4.51. The summed E-state index contributed by atoms with van der Waals surface area (Å²) in [4.78, 5) is 9.22. The van der Waals surface area contributed by atoms with Crippen LogP contribution in [0.25, 0.3) is 16.9 Å². The molecule has 1 fully saturated rings. The lowest BCUT2D eigenvalue weighted by Crippen LogP contribution is -2.44. The Labute approximate surface area is 158 Å². The Hall–Kier alpha value is -2.89. The summed E-state index contributed by atoms with van der Waals surface area (Å²) in [5.74, 6) is 8.12. The van der Waals surface area contributed by atoms with E-state index in [0.717, 1.165) is 29.0 Å². The summed E-state index contributed by atoms with van der Waals surface area (Å²) in [5.41, 5.74) is 1.68. The molecule has 1 aliphatic rings. The molecule has 0 radical (unpaired) electrons. The molecular weight excluding hydrogens is 342 g/mol. The summed E-state index contributed by atoms with van der Waals surface area (Å²) >= 11 is 0. The fourth-order valence-corrected chi connectivity index (χ4v) is 3.14. The molecule has 0 bridgehead atoms. The van der Waals surface area contributed by atoms with Crippen molar-refractivity contribution in [2.45, 2.75) is 13.0 Å². The number of nitrogens with zero attached hydrogens (tertiary/aromatic N) is 6. The van der Waals surface area contributed by atoms with Gasteiger partial charge in [0.15, 0.2) is 11.5 Å². The molecule has 4 heterocycles. The number of aromatic nitrogens is 5. The topological polar surface area (TPSA) is 75.1 Å². The molecule has 1 saturated heterocycles. The summed E-state index contributed by atoms with van der Waals surface area (Å²) in [5, 5.41) is 12.5. The lowest BCUT2D eigenvalue weighted by molar-refractivity contribution is 0.0985. The van der Waals surface area contributed by atoms with Crippen molar-refractivity contribution < 1.29 is 4.74 Å². The van der Waals surface area contributed by atoms with Crippen LogP contribution in [0.5, 0.6) is 0 Å². The van der Waals surface area contributed by atoms with E-state index in [2.05, 4.69) is 45.0 Å². The zero-order chi connectivity index (χ0) is 18.8. The molecule has 8 heteroatoms. The van der Waals surface area contributed by atoms with Gasteiger partial charge in [0, 0.05) is 24.4 Å². The molecule has 27 heavy (non-hydrogen) atoms. The van der Waals surface area contributed by atoms with Crippen LogP contribution in [0.4, 0.5) is 5.82 Å². The first-order chi connectivity index (χ1) is 13.1. The van der Waals surface area contributed by atoms with Gasteiger partial charge in [-0.05, 0) is 27.1 Å². The van der Waals surface area contributed by atoms with E-state index in [1.807, 2.05) is 31.3 Å². The van der Waals surface area contributed by atoms with Gasteiger partial charge in [-0.15, -0.1) is 0 Å². The first-order valence-electron chi connectivity index (χ1n) is 9.00. The van der Waals surface area contributed by atoms with E-state index >= 15 is 0 Å². The Morgan fingerprint density at radius 3 is 3.00 bits per heavy atom. The van der Waals surface area contributed by atoms with Crippen molar-refractivity contribution >= 4 is 16.9 Å². The SMILES string of the molecule is CC1COCCN1c1cc(C#CCN(C)C)c2cnn(-c3cc[nH]n3)c2n1. The fourth-order valence-electron chi connectivity index (χ4n) is 3.14. The molecule has 3 aromatic heterocycles. The van der Waals surface area contributed by atoms with E-state index in [4.69, 9.17) is 9.72 Å². The number of hydrogen-bond donors (Lipinski definition) is 1. The van der Waals surface area contributed by atoms with Crippen LogP contribution < -0.4 is 4.90 Å². The first-order valence-corrected chi connectivity index (χ1v) is 9.00. The minimum Gasteiger partial charge on any atom is -0.377 e. The van der Waals surface area contributed by atoms with Gasteiger partial charge in [0.1, 0.15) is 5.82 Å². The zero-order valence-corrected chi connectivity index (χ0v) is 15.8. The number of ether oxygens (including phenoxy) is 1. The van der Waals surface area contributed by atoms with E-state index in [1.165, 1.54) is 0 Å². The van der Waals surface area contributed by atoms with Crippen LogP contribution in [0.2, 0.25) is 0 Å². The van der Waals surface area contributed by atoms with E-state index in [0.29, 0.717) is 25.6 Å². The molecule has 3 aromatic rings. The van der Waals surface area contributed by atoms with Gasteiger partial charge in [0.2, 0.25) is 0 Å². The smallest absolute Gasteiger partial charge is 0.177 e. The van der Waals surface area contributed by atoms with Gasteiger partial charge in [-0.2, -0.15) is 14.9 Å². The number of morpholine rings is 1. The predicted molar refractivity (Wildman–Crippen MR) is 104 cm³/mol. The quantitative estimate of drug-likeness (QED) is 0.705. The molecule has 4 rings (SSSR count). The standard InChI is InChI=1S/C19H23N7O/c1-14-13-27-10-9-25(14)18-11-15(5-4-8-24(2)3)16-12-21-26(19(16)22-18)17-6-7-20-23-17/h6-7,11-12,14H,8-10,13H2,1-3H3,(H,20,23). The Kier molecular flexibility index (Phi) is 4.79. The van der Waals surface area contributed by atoms with E-state index < -0.39 is 0 Å². The van der Waals surface area contributed by atoms with Crippen LogP contribution in [0.1, 0.15) is 12.5 Å². The molecule has 0 saturated carbocycles. The van der Waals surface area contributed by atoms with Crippen molar-refractivity contribution in [2.75, 3.05) is 45.3 Å². The highest BCUT2D eigenvalue weighted by atomic mass is 16.5. The van der Waals surface area contributed by atoms with Gasteiger partial charge in [-0.1, -0.05) is 11.8 Å². The Bertz CT molecular complexity index is 981. The van der Waals surface area contributed by atoms with Crippen LogP contribution in [-0.2, 0) is 4.74 Å². The van der Waals surface area contributed by atoms with Crippen molar-refractivity contribution in [3.63, 3.8) is 0 Å². The number of anilines is 1. The first kappa shape index (κ1) is 17.5. The van der Waals surface area contributed by atoms with Crippen molar-refractivity contribution in [3.8, 4) is 17.7 Å². The van der Waals surface area contributed by atoms with Crippen molar-refractivity contribution in [1.29, 1.82) is 0 Å². The number of hydrogen-bond acceptors (Lipinski definition) is 6. The third kappa shape index (κ3) is 3.52. The molecule has 1 aliphatic heterocycles. The maximum Gasteiger partial charge on any atom is 0.177 e. The average Bonchev–Trinajstić information content (AvgIpc) is 3.31. The van der Waals surface area contributed by atoms with Crippen molar-refractivity contribution in [3.05, 3.63) is 30.1 Å². The molecule has 0 amide bonds. The largest absolute Gasteiger partial charge is 0.377 e. The maximum atomic E-state index is 5.58. The molecule has 1 atom stereocenters. The number of H-pyrrole nitrogens is 1. The lowest BCUT2D eigenvalue weighted by atomic mass is 10.1. The summed E-state index contributed by atoms with van der Waals surface area (Å²) in [6, 6.07) is 4.19. The highest BCUT2D eigenvalue weighted by Gasteiger charge is 2.22. The van der Waals surface area contributed by atoms with Gasteiger partial charge in [0.25, 0.3) is 0 Å². The van der Waals surface area contributed by atoms with Gasteiger partial charge in [-0.3, -0.25) is 10.00 Å². The second-order valence-electron chi connectivity index (χ2n) is 6.91. The molecule has 1 N–H and O–H groups in total. The van der Waals surface area contributed by atoms with Crippen LogP contribution in [0.3, 0.4) is 0 Å². The minimum absolute atomic E-state index is 0.257. The second kappa shape index (κ2) is 7.39. The Morgan fingerprint density at radius 2 is 2.26 bits per heavy atom. The molecule has 8 nitrogen and oxygen atoms in total. The van der Waals surface area contributed by atoms with Crippen molar-refractivity contribution in [2.24, 2.45) is 0 Å². The monoisotopic (exact) mass is 365 g/mol. The predicted octanol–water partition coefficient (Wildman–Crippen LogP) is 1.28. The third-order valence-electron chi connectivity index (χ3n) is 4.51. The molecule has 140 valence electrons. The molecular formula is C19H23N7O. The van der Waals surface area contributed by atoms with Crippen LogP contribution in [-0.4, -0.2) is 76.3 Å². The Morgan fingerprint density at radius 1 is 1.37 bits per heavy atom. The highest BCUT2D eigenvalue weighted by Crippen LogP contribution is 2.26. The molecule has 0 aliphatic carbocycles. The fraction of sp³-hybridized carbons (Fsp3) is 0.421. The van der Waals surface area contributed by atoms with E-state index in [1.54, 1.807) is 10.9 Å². The van der Waals surface area contributed by atoms with Crippen LogP contribution >= 0.6 is 0 Å². The highest BCUT2D eigenvalue weighted by molar-refractivity contribution is 5.85. The van der Waals surface area contributed by atoms with Gasteiger partial charge in [-0.25, -0.2) is 4.98 Å². The zero-order valence-electron chi connectivity index (χ0n) is 15.8. The number of aromatic amines is 1. The summed E-state index contributed by atoms with van der Waals surface area (Å²) in [7, 11) is 4.01. The normalized spacial score (nSPS) is 17.3. The second-order valence-corrected chi connectivity index (χ2v) is 6.91. The summed E-state index contributed by atoms with van der Waals surface area (Å²) < 4.78 is 7.32. The van der Waals surface area contributed by atoms with Crippen molar-refractivity contribution in [1.82, 2.24) is 29.9 Å². The van der Waals surface area contributed by atoms with Gasteiger partial charge < -0.3 is 9.64 Å². The maximum absolute atomic E-state index is 5.58. The number of pyridine rings is 1. The molecule has 0 aromatic carbocycles. The van der Waals surface area contributed by atoms with E-state index in [-0.39, 0.29) is 6.04 Å². The average molecular weight is 365 g/mol. The van der Waals surface area contributed by atoms with Gasteiger partial charge >= 0.3 is 0 Å². The van der Waals surface area contributed by atoms with Crippen LogP contribution in [0.15, 0.2) is 24.5 Å². The molecule has 1 unspecified atom stereocenters. The lowest BCUT2D eigenvalue weighted by Gasteiger charge is -2.34. The van der Waals surface area contributed by atoms with E-state index in [9.17, 15) is 0 Å². The number of fused-ring (bicyclic) bond motifs is 1. The summed E-state index contributed by atoms with van der Waals surface area (Å²) in [6.45, 7) is 5.04. The van der Waals surface area contributed by atoms with Crippen LogP contribution in [0, 0.1) is 11.8 Å². The number of rotatable bonds is 3. The molecule has 0 spiro atoms. The summed E-state index contributed by atoms with van der Waals surface area (Å²) in [6.07, 6.45) is 3.58. The van der Waals surface area contributed by atoms with Gasteiger partial charge in [0.05, 0.1) is 37.4 Å². The Balaban J connectivity index is 1.85.